The van der Waals surface area contributed by atoms with Gasteiger partial charge in [-0.15, -0.1) is 0 Å². The van der Waals surface area contributed by atoms with Gasteiger partial charge in [-0.2, -0.15) is 0 Å². The van der Waals surface area contributed by atoms with Crippen LogP contribution in [0.3, 0.4) is 0 Å². The van der Waals surface area contributed by atoms with Crippen molar-refractivity contribution in [2.24, 2.45) is 0 Å². The maximum absolute atomic E-state index is 11.1. The Bertz CT molecular complexity index is 322. The maximum atomic E-state index is 11.1. The number of aryl methyl sites for hydroxylation is 1. The zero-order valence-electron chi connectivity index (χ0n) is 9.28. The molecule has 0 aromatic carbocycles. The van der Waals surface area contributed by atoms with Gasteiger partial charge in [0.1, 0.15) is 6.04 Å². The van der Waals surface area contributed by atoms with E-state index >= 15 is 0 Å². The second-order valence-electron chi connectivity index (χ2n) is 3.45. The van der Waals surface area contributed by atoms with Crippen molar-refractivity contribution in [2.75, 3.05) is 7.11 Å². The molecule has 0 spiro atoms. The molecule has 0 aliphatic heterocycles. The number of hydrogen-bond donors (Lipinski definition) is 1. The van der Waals surface area contributed by atoms with E-state index in [0.29, 0.717) is 6.54 Å². The Balaban J connectivity index is 2.43. The standard InChI is InChI=1S/C11H16N2O2/c1-8-4-5-10(13-6-8)7-12-9(2)11(14)15-3/h4-6,9,12H,7H2,1-3H3. The number of carbonyl (C=O) groups is 1. The average molecular weight is 208 g/mol. The molecule has 4 heteroatoms. The maximum Gasteiger partial charge on any atom is 0.322 e. The van der Waals surface area contributed by atoms with Crippen LogP contribution in [0.4, 0.5) is 0 Å². The number of aromatic nitrogens is 1. The van der Waals surface area contributed by atoms with Crippen LogP contribution < -0.4 is 5.32 Å². The summed E-state index contributed by atoms with van der Waals surface area (Å²) in [7, 11) is 1.38. The number of hydrogen-bond acceptors (Lipinski definition) is 4. The normalized spacial score (nSPS) is 12.2. The van der Waals surface area contributed by atoms with E-state index in [1.54, 1.807) is 13.1 Å². The van der Waals surface area contributed by atoms with Crippen LogP contribution in [0.1, 0.15) is 18.2 Å². The smallest absolute Gasteiger partial charge is 0.322 e. The summed E-state index contributed by atoms with van der Waals surface area (Å²) in [4.78, 5) is 15.3. The van der Waals surface area contributed by atoms with Crippen LogP contribution in [-0.2, 0) is 16.1 Å². The summed E-state index contributed by atoms with van der Waals surface area (Å²) in [5.41, 5.74) is 2.04. The molecule has 1 aromatic heterocycles. The Morgan fingerprint density at radius 1 is 1.60 bits per heavy atom. The Morgan fingerprint density at radius 3 is 2.87 bits per heavy atom. The monoisotopic (exact) mass is 208 g/mol. The quantitative estimate of drug-likeness (QED) is 0.751. The molecule has 0 amide bonds. The first-order valence-corrected chi connectivity index (χ1v) is 4.86. The van der Waals surface area contributed by atoms with Crippen molar-refractivity contribution in [3.63, 3.8) is 0 Å². The van der Waals surface area contributed by atoms with E-state index < -0.39 is 0 Å². The minimum Gasteiger partial charge on any atom is -0.468 e. The van der Waals surface area contributed by atoms with E-state index in [1.807, 2.05) is 19.1 Å². The van der Waals surface area contributed by atoms with Crippen LogP contribution in [0.15, 0.2) is 18.3 Å². The van der Waals surface area contributed by atoms with E-state index in [0.717, 1.165) is 11.3 Å². The second-order valence-corrected chi connectivity index (χ2v) is 3.45. The first kappa shape index (κ1) is 11.7. The number of carbonyl (C=O) groups excluding carboxylic acids is 1. The third kappa shape index (κ3) is 3.67. The molecule has 1 heterocycles. The number of esters is 1. The lowest BCUT2D eigenvalue weighted by molar-refractivity contribution is -0.142. The first-order chi connectivity index (χ1) is 7.13. The Morgan fingerprint density at radius 2 is 2.33 bits per heavy atom. The molecule has 82 valence electrons. The molecule has 1 unspecified atom stereocenters. The molecule has 0 aliphatic carbocycles. The Hall–Kier alpha value is -1.42. The molecular formula is C11H16N2O2. The number of nitrogens with zero attached hydrogens (tertiary/aromatic N) is 1. The highest BCUT2D eigenvalue weighted by atomic mass is 16.5. The highest BCUT2D eigenvalue weighted by molar-refractivity contribution is 5.75. The van der Waals surface area contributed by atoms with Gasteiger partial charge < -0.3 is 4.74 Å². The summed E-state index contributed by atoms with van der Waals surface area (Å²) in [6.45, 7) is 4.32. The van der Waals surface area contributed by atoms with E-state index in [4.69, 9.17) is 0 Å². The zero-order valence-corrected chi connectivity index (χ0v) is 9.28. The topological polar surface area (TPSA) is 51.2 Å². The van der Waals surface area contributed by atoms with Crippen LogP contribution in [0.2, 0.25) is 0 Å². The van der Waals surface area contributed by atoms with E-state index in [2.05, 4.69) is 15.0 Å². The molecular weight excluding hydrogens is 192 g/mol. The predicted molar refractivity (Wildman–Crippen MR) is 57.3 cm³/mol. The molecule has 1 atom stereocenters. The number of nitrogens with one attached hydrogen (secondary N) is 1. The van der Waals surface area contributed by atoms with Crippen LogP contribution in [-0.4, -0.2) is 24.1 Å². The Kier molecular flexibility index (Phi) is 4.24. The molecule has 0 fully saturated rings. The summed E-state index contributed by atoms with van der Waals surface area (Å²) in [5.74, 6) is -0.262. The van der Waals surface area contributed by atoms with Crippen molar-refractivity contribution in [2.45, 2.75) is 26.4 Å². The molecule has 0 aliphatic rings. The van der Waals surface area contributed by atoms with E-state index in [-0.39, 0.29) is 12.0 Å². The first-order valence-electron chi connectivity index (χ1n) is 4.86. The van der Waals surface area contributed by atoms with Crippen molar-refractivity contribution < 1.29 is 9.53 Å². The molecule has 1 aromatic rings. The lowest BCUT2D eigenvalue weighted by Gasteiger charge is -2.10. The van der Waals surface area contributed by atoms with E-state index in [9.17, 15) is 4.79 Å². The number of ether oxygens (including phenoxy) is 1. The van der Waals surface area contributed by atoms with E-state index in [1.165, 1.54) is 7.11 Å². The van der Waals surface area contributed by atoms with Crippen LogP contribution in [0.25, 0.3) is 0 Å². The molecule has 0 bridgehead atoms. The predicted octanol–water partition coefficient (Wildman–Crippen LogP) is 1.04. The molecule has 0 saturated heterocycles. The third-order valence-electron chi connectivity index (χ3n) is 2.12. The zero-order chi connectivity index (χ0) is 11.3. The van der Waals surface area contributed by atoms with Crippen LogP contribution >= 0.6 is 0 Å². The molecule has 0 radical (unpaired) electrons. The van der Waals surface area contributed by atoms with Gasteiger partial charge in [-0.05, 0) is 25.5 Å². The van der Waals surface area contributed by atoms with Gasteiger partial charge in [0.15, 0.2) is 0 Å². The highest BCUT2D eigenvalue weighted by Crippen LogP contribution is 1.98. The molecule has 1 rings (SSSR count). The van der Waals surface area contributed by atoms with Crippen molar-refractivity contribution >= 4 is 5.97 Å². The summed E-state index contributed by atoms with van der Waals surface area (Å²) in [5, 5.41) is 3.03. The summed E-state index contributed by atoms with van der Waals surface area (Å²) in [6, 6.07) is 3.62. The van der Waals surface area contributed by atoms with Crippen LogP contribution in [0, 0.1) is 6.92 Å². The molecule has 4 nitrogen and oxygen atoms in total. The van der Waals surface area contributed by atoms with Gasteiger partial charge in [-0.3, -0.25) is 15.1 Å². The van der Waals surface area contributed by atoms with Gasteiger partial charge in [0, 0.05) is 12.7 Å². The Labute approximate surface area is 89.7 Å². The summed E-state index contributed by atoms with van der Waals surface area (Å²) >= 11 is 0. The van der Waals surface area contributed by atoms with Crippen molar-refractivity contribution in [1.82, 2.24) is 10.3 Å². The molecule has 0 saturated carbocycles. The average Bonchev–Trinajstić information content (AvgIpc) is 2.26. The summed E-state index contributed by atoms with van der Waals surface area (Å²) < 4.78 is 4.60. The van der Waals surface area contributed by atoms with Gasteiger partial charge in [-0.25, -0.2) is 0 Å². The highest BCUT2D eigenvalue weighted by Gasteiger charge is 2.11. The lowest BCUT2D eigenvalue weighted by atomic mass is 10.2. The van der Waals surface area contributed by atoms with Crippen molar-refractivity contribution in [3.8, 4) is 0 Å². The minimum atomic E-state index is -0.307. The van der Waals surface area contributed by atoms with Crippen LogP contribution in [0.5, 0.6) is 0 Å². The fourth-order valence-electron chi connectivity index (χ4n) is 1.12. The largest absolute Gasteiger partial charge is 0.468 e. The lowest BCUT2D eigenvalue weighted by Crippen LogP contribution is -2.34. The van der Waals surface area contributed by atoms with Gasteiger partial charge in [0.05, 0.1) is 12.8 Å². The van der Waals surface area contributed by atoms with Gasteiger partial charge in [-0.1, -0.05) is 6.07 Å². The van der Waals surface area contributed by atoms with Crippen molar-refractivity contribution in [3.05, 3.63) is 29.6 Å². The SMILES string of the molecule is COC(=O)C(C)NCc1ccc(C)cn1. The van der Waals surface area contributed by atoms with Gasteiger partial charge >= 0.3 is 5.97 Å². The molecule has 1 N–H and O–H groups in total. The minimum absolute atomic E-state index is 0.262. The fraction of sp³-hybridized carbons (Fsp3) is 0.455. The van der Waals surface area contributed by atoms with Gasteiger partial charge in [0.2, 0.25) is 0 Å². The second kappa shape index (κ2) is 5.46. The number of pyridine rings is 1. The fourth-order valence-corrected chi connectivity index (χ4v) is 1.12. The molecule has 15 heavy (non-hydrogen) atoms. The number of methoxy groups -OCH3 is 1. The number of rotatable bonds is 4. The van der Waals surface area contributed by atoms with Gasteiger partial charge in [0.25, 0.3) is 0 Å². The summed E-state index contributed by atoms with van der Waals surface area (Å²) in [6.07, 6.45) is 1.81. The van der Waals surface area contributed by atoms with Crippen molar-refractivity contribution in [1.29, 1.82) is 0 Å². The third-order valence-corrected chi connectivity index (χ3v) is 2.12.